The summed E-state index contributed by atoms with van der Waals surface area (Å²) in [6.45, 7) is 3.06. The Labute approximate surface area is 131 Å². The fourth-order valence-electron chi connectivity index (χ4n) is 2.23. The Hall–Kier alpha value is -2.03. The van der Waals surface area contributed by atoms with Crippen molar-refractivity contribution in [1.29, 1.82) is 0 Å². The molecule has 2 heterocycles. The van der Waals surface area contributed by atoms with E-state index in [-0.39, 0.29) is 34.6 Å². The Morgan fingerprint density at radius 1 is 1.36 bits per heavy atom. The molecule has 1 aliphatic rings. The lowest BCUT2D eigenvalue weighted by Gasteiger charge is -2.26. The normalized spacial score (nSPS) is 15.9. The van der Waals surface area contributed by atoms with E-state index in [0.717, 1.165) is 30.6 Å². The van der Waals surface area contributed by atoms with Crippen LogP contribution in [-0.4, -0.2) is 39.3 Å². The van der Waals surface area contributed by atoms with Crippen molar-refractivity contribution in [2.24, 2.45) is 4.99 Å². The van der Waals surface area contributed by atoms with Crippen LogP contribution >= 0.6 is 11.3 Å². The molecular weight excluding hydrogens is 308 g/mol. The first-order valence-electron chi connectivity index (χ1n) is 7.21. The van der Waals surface area contributed by atoms with Gasteiger partial charge < -0.3 is 9.47 Å². The van der Waals surface area contributed by atoms with Crippen LogP contribution in [0, 0.1) is 10.1 Å². The van der Waals surface area contributed by atoms with Crippen LogP contribution in [0.5, 0.6) is 0 Å². The second-order valence-electron chi connectivity index (χ2n) is 5.04. The summed E-state index contributed by atoms with van der Waals surface area (Å²) in [5.41, 5.74) is 0. The number of amides is 2. The monoisotopic (exact) mass is 326 g/mol. The lowest BCUT2D eigenvalue weighted by Crippen LogP contribution is -2.39. The number of nitrogens with zero attached hydrogens (tertiary/aromatic N) is 4. The third kappa shape index (κ3) is 4.00. The summed E-state index contributed by atoms with van der Waals surface area (Å²) in [6.07, 6.45) is 4.56. The molecule has 2 amide bonds. The largest absolute Gasteiger partial charge is 0.343 e. The molecule has 9 heteroatoms. The van der Waals surface area contributed by atoms with Gasteiger partial charge in [0, 0.05) is 19.5 Å². The second kappa shape index (κ2) is 7.30. The van der Waals surface area contributed by atoms with Crippen LogP contribution in [0.3, 0.4) is 0 Å². The van der Waals surface area contributed by atoms with E-state index in [1.165, 1.54) is 10.8 Å². The van der Waals surface area contributed by atoms with Crippen molar-refractivity contribution < 1.29 is 14.5 Å². The molecular formula is C13H18N4O4S. The number of piperidine rings is 1. The summed E-state index contributed by atoms with van der Waals surface area (Å²) in [5.74, 6) is -0.464. The SMILES string of the molecule is CCC(=O)N=c1sc([N+](=O)[O-])cn1CC(=O)N1CCCCC1. The van der Waals surface area contributed by atoms with E-state index in [9.17, 15) is 19.7 Å². The minimum Gasteiger partial charge on any atom is -0.341 e. The van der Waals surface area contributed by atoms with Crippen molar-refractivity contribution >= 4 is 28.2 Å². The van der Waals surface area contributed by atoms with Crippen LogP contribution in [0.15, 0.2) is 11.2 Å². The molecule has 1 aliphatic heterocycles. The smallest absolute Gasteiger partial charge is 0.341 e. The molecule has 120 valence electrons. The zero-order chi connectivity index (χ0) is 16.1. The van der Waals surface area contributed by atoms with Crippen LogP contribution in [-0.2, 0) is 16.1 Å². The van der Waals surface area contributed by atoms with E-state index in [1.54, 1.807) is 11.8 Å². The number of rotatable bonds is 4. The highest BCUT2D eigenvalue weighted by atomic mass is 32.1. The number of aromatic nitrogens is 1. The van der Waals surface area contributed by atoms with Crippen molar-refractivity contribution in [2.45, 2.75) is 39.2 Å². The fourth-order valence-corrected chi connectivity index (χ4v) is 3.05. The summed E-state index contributed by atoms with van der Waals surface area (Å²) in [4.78, 5) is 39.9. The molecule has 0 spiro atoms. The highest BCUT2D eigenvalue weighted by Gasteiger charge is 2.20. The highest BCUT2D eigenvalue weighted by molar-refractivity contribution is 7.12. The standard InChI is InChI=1S/C13H18N4O4S/c1-2-10(18)14-13-16(9-12(22-13)17(20)21)8-11(19)15-6-4-3-5-7-15/h9H,2-8H2,1H3. The van der Waals surface area contributed by atoms with Crippen LogP contribution in [0.2, 0.25) is 0 Å². The van der Waals surface area contributed by atoms with Crippen LogP contribution in [0.4, 0.5) is 5.00 Å². The lowest BCUT2D eigenvalue weighted by atomic mass is 10.1. The zero-order valence-corrected chi connectivity index (χ0v) is 13.2. The Morgan fingerprint density at radius 2 is 2.05 bits per heavy atom. The summed E-state index contributed by atoms with van der Waals surface area (Å²) in [5, 5.41) is 10.8. The van der Waals surface area contributed by atoms with Gasteiger partial charge >= 0.3 is 5.00 Å². The van der Waals surface area contributed by atoms with E-state index >= 15 is 0 Å². The maximum atomic E-state index is 12.3. The maximum absolute atomic E-state index is 12.3. The average molecular weight is 326 g/mol. The van der Waals surface area contributed by atoms with Crippen LogP contribution < -0.4 is 4.80 Å². The number of nitro groups is 1. The molecule has 8 nitrogen and oxygen atoms in total. The lowest BCUT2D eigenvalue weighted by molar-refractivity contribution is -0.380. The van der Waals surface area contributed by atoms with Gasteiger partial charge in [-0.25, -0.2) is 0 Å². The summed E-state index contributed by atoms with van der Waals surface area (Å²) >= 11 is 0.806. The Balaban J connectivity index is 2.24. The molecule has 0 N–H and O–H groups in total. The Bertz CT molecular complexity index is 643. The van der Waals surface area contributed by atoms with E-state index in [1.807, 2.05) is 0 Å². The van der Waals surface area contributed by atoms with Gasteiger partial charge in [-0.3, -0.25) is 19.7 Å². The molecule has 0 atom stereocenters. The molecule has 0 radical (unpaired) electrons. The number of likely N-dealkylation sites (tertiary alicyclic amines) is 1. The molecule has 1 aromatic heterocycles. The molecule has 2 rings (SSSR count). The predicted molar refractivity (Wildman–Crippen MR) is 80.3 cm³/mol. The number of hydrogen-bond donors (Lipinski definition) is 0. The maximum Gasteiger partial charge on any atom is 0.343 e. The van der Waals surface area contributed by atoms with Gasteiger partial charge in [-0.2, -0.15) is 4.99 Å². The summed E-state index contributed by atoms with van der Waals surface area (Å²) in [6, 6.07) is 0. The zero-order valence-electron chi connectivity index (χ0n) is 12.4. The number of hydrogen-bond acceptors (Lipinski definition) is 5. The van der Waals surface area contributed by atoms with Gasteiger partial charge in [-0.05, 0) is 30.6 Å². The van der Waals surface area contributed by atoms with Crippen molar-refractivity contribution in [3.8, 4) is 0 Å². The minimum atomic E-state index is -0.540. The van der Waals surface area contributed by atoms with Crippen molar-refractivity contribution in [3.05, 3.63) is 21.1 Å². The Morgan fingerprint density at radius 3 is 2.64 bits per heavy atom. The Kier molecular flexibility index (Phi) is 5.42. The minimum absolute atomic E-state index is 0.0276. The molecule has 1 saturated heterocycles. The summed E-state index contributed by atoms with van der Waals surface area (Å²) < 4.78 is 1.40. The third-order valence-electron chi connectivity index (χ3n) is 3.42. The molecule has 22 heavy (non-hydrogen) atoms. The molecule has 0 aromatic carbocycles. The second-order valence-corrected chi connectivity index (χ2v) is 6.03. The summed E-state index contributed by atoms with van der Waals surface area (Å²) in [7, 11) is 0. The van der Waals surface area contributed by atoms with Gasteiger partial charge in [0.25, 0.3) is 0 Å². The first-order valence-corrected chi connectivity index (χ1v) is 8.03. The number of carbonyl (C=O) groups excluding carboxylic acids is 2. The molecule has 1 fully saturated rings. The molecule has 1 aromatic rings. The molecule has 0 saturated carbocycles. The van der Waals surface area contributed by atoms with Crippen molar-refractivity contribution in [1.82, 2.24) is 9.47 Å². The van der Waals surface area contributed by atoms with Crippen LogP contribution in [0.1, 0.15) is 32.6 Å². The first-order chi connectivity index (χ1) is 10.5. The molecule has 0 bridgehead atoms. The quantitative estimate of drug-likeness (QED) is 0.615. The average Bonchev–Trinajstić information content (AvgIpc) is 2.91. The fraction of sp³-hybridized carbons (Fsp3) is 0.615. The van der Waals surface area contributed by atoms with Gasteiger partial charge in [0.1, 0.15) is 6.54 Å². The van der Waals surface area contributed by atoms with E-state index in [2.05, 4.69) is 4.99 Å². The van der Waals surface area contributed by atoms with Gasteiger partial charge in [-0.1, -0.05) is 6.92 Å². The number of carbonyl (C=O) groups is 2. The van der Waals surface area contributed by atoms with Crippen molar-refractivity contribution in [2.75, 3.05) is 13.1 Å². The van der Waals surface area contributed by atoms with E-state index in [4.69, 9.17) is 0 Å². The van der Waals surface area contributed by atoms with Gasteiger partial charge in [0.05, 0.1) is 11.1 Å². The molecule has 0 unspecified atom stereocenters. The van der Waals surface area contributed by atoms with Gasteiger partial charge in [0.15, 0.2) is 4.80 Å². The molecule has 0 aliphatic carbocycles. The van der Waals surface area contributed by atoms with E-state index in [0.29, 0.717) is 13.1 Å². The van der Waals surface area contributed by atoms with Crippen molar-refractivity contribution in [3.63, 3.8) is 0 Å². The third-order valence-corrected chi connectivity index (χ3v) is 4.40. The van der Waals surface area contributed by atoms with Crippen LogP contribution in [0.25, 0.3) is 0 Å². The van der Waals surface area contributed by atoms with E-state index < -0.39 is 4.92 Å². The van der Waals surface area contributed by atoms with Gasteiger partial charge in [0.2, 0.25) is 11.8 Å². The van der Waals surface area contributed by atoms with Gasteiger partial charge in [-0.15, -0.1) is 0 Å². The first kappa shape index (κ1) is 16.3. The highest BCUT2D eigenvalue weighted by Crippen LogP contribution is 2.15. The topological polar surface area (TPSA) is 97.8 Å². The predicted octanol–water partition coefficient (Wildman–Crippen LogP) is 1.31. The number of thiazole rings is 1.